The molecule has 0 aliphatic carbocycles. The van der Waals surface area contributed by atoms with E-state index in [1.807, 2.05) is 24.3 Å². The molecule has 0 saturated carbocycles. The van der Waals surface area contributed by atoms with E-state index in [4.69, 9.17) is 10.2 Å². The standard InChI is InChI=1S/C22H23N5/c1-3-25(4-2)13-14-26-20-7-5-6-8-21(20)27-16-19(24-22(26)27)18-11-9-17(15-23)10-12-18/h5-12,16H,3-4,13-14H2,1-2H3. The molecular formula is C22H23N5. The van der Waals surface area contributed by atoms with Gasteiger partial charge in [-0.2, -0.15) is 5.26 Å². The smallest absolute Gasteiger partial charge is 0.215 e. The molecule has 0 bridgehead atoms. The van der Waals surface area contributed by atoms with E-state index in [2.05, 4.69) is 64.2 Å². The van der Waals surface area contributed by atoms with Crippen molar-refractivity contribution in [3.05, 3.63) is 60.3 Å². The van der Waals surface area contributed by atoms with Crippen molar-refractivity contribution in [3.63, 3.8) is 0 Å². The Balaban J connectivity index is 1.80. The number of fused-ring (bicyclic) bond motifs is 3. The quantitative estimate of drug-likeness (QED) is 0.520. The zero-order valence-corrected chi connectivity index (χ0v) is 15.8. The van der Waals surface area contributed by atoms with E-state index in [-0.39, 0.29) is 0 Å². The summed E-state index contributed by atoms with van der Waals surface area (Å²) in [6.07, 6.45) is 2.09. The molecule has 0 N–H and O–H groups in total. The van der Waals surface area contributed by atoms with E-state index in [9.17, 15) is 0 Å². The van der Waals surface area contributed by atoms with Gasteiger partial charge in [-0.15, -0.1) is 0 Å². The summed E-state index contributed by atoms with van der Waals surface area (Å²) in [7, 11) is 0. The number of aromatic nitrogens is 3. The third kappa shape index (κ3) is 3.09. The lowest BCUT2D eigenvalue weighted by atomic mass is 10.1. The van der Waals surface area contributed by atoms with Crippen LogP contribution in [0.5, 0.6) is 0 Å². The Morgan fingerprint density at radius 2 is 1.70 bits per heavy atom. The van der Waals surface area contributed by atoms with Gasteiger partial charge in [-0.25, -0.2) is 4.98 Å². The summed E-state index contributed by atoms with van der Waals surface area (Å²) in [6.45, 7) is 8.41. The first-order valence-electron chi connectivity index (χ1n) is 9.44. The fraction of sp³-hybridized carbons (Fsp3) is 0.273. The molecule has 0 radical (unpaired) electrons. The Labute approximate surface area is 159 Å². The van der Waals surface area contributed by atoms with Gasteiger partial charge in [-0.05, 0) is 37.4 Å². The molecule has 0 atom stereocenters. The Hall–Kier alpha value is -3.10. The molecule has 0 fully saturated rings. The molecule has 0 aliphatic heterocycles. The van der Waals surface area contributed by atoms with Crippen LogP contribution < -0.4 is 0 Å². The Morgan fingerprint density at radius 3 is 2.37 bits per heavy atom. The van der Waals surface area contributed by atoms with Crippen molar-refractivity contribution >= 4 is 16.8 Å². The van der Waals surface area contributed by atoms with Crippen LogP contribution in [0.1, 0.15) is 19.4 Å². The van der Waals surface area contributed by atoms with Crippen LogP contribution in [0.25, 0.3) is 28.1 Å². The SMILES string of the molecule is CCN(CC)CCn1c2ccccc2n2cc(-c3ccc(C#N)cc3)nc12. The van der Waals surface area contributed by atoms with Gasteiger partial charge in [0, 0.05) is 24.8 Å². The van der Waals surface area contributed by atoms with E-state index >= 15 is 0 Å². The number of benzene rings is 2. The largest absolute Gasteiger partial charge is 0.308 e. The highest BCUT2D eigenvalue weighted by molar-refractivity contribution is 5.82. The first-order valence-corrected chi connectivity index (χ1v) is 9.44. The molecule has 5 heteroatoms. The minimum Gasteiger partial charge on any atom is -0.308 e. The Morgan fingerprint density at radius 1 is 1.00 bits per heavy atom. The van der Waals surface area contributed by atoms with Crippen molar-refractivity contribution in [2.75, 3.05) is 19.6 Å². The van der Waals surface area contributed by atoms with Crippen molar-refractivity contribution < 1.29 is 0 Å². The lowest BCUT2D eigenvalue weighted by Crippen LogP contribution is -2.27. The maximum atomic E-state index is 9.00. The number of imidazole rings is 2. The third-order valence-electron chi connectivity index (χ3n) is 5.20. The molecule has 136 valence electrons. The predicted octanol–water partition coefficient (Wildman–Crippen LogP) is 4.17. The van der Waals surface area contributed by atoms with Crippen LogP contribution in [0.4, 0.5) is 0 Å². The zero-order chi connectivity index (χ0) is 18.8. The molecule has 27 heavy (non-hydrogen) atoms. The first-order chi connectivity index (χ1) is 13.2. The van der Waals surface area contributed by atoms with Crippen molar-refractivity contribution in [1.82, 2.24) is 18.9 Å². The molecule has 4 aromatic rings. The van der Waals surface area contributed by atoms with Crippen LogP contribution in [-0.2, 0) is 6.54 Å². The number of rotatable bonds is 6. The van der Waals surface area contributed by atoms with Gasteiger partial charge in [-0.1, -0.05) is 38.1 Å². The normalized spacial score (nSPS) is 11.5. The fourth-order valence-corrected chi connectivity index (χ4v) is 3.60. The average molecular weight is 357 g/mol. The molecule has 4 rings (SSSR count). The van der Waals surface area contributed by atoms with E-state index in [0.717, 1.165) is 43.2 Å². The summed E-state index contributed by atoms with van der Waals surface area (Å²) in [6, 6.07) is 18.2. The molecular weight excluding hydrogens is 334 g/mol. The minimum absolute atomic E-state index is 0.664. The molecule has 2 aromatic heterocycles. The molecule has 2 heterocycles. The van der Waals surface area contributed by atoms with Gasteiger partial charge in [0.2, 0.25) is 5.78 Å². The number of nitrogens with zero attached hydrogens (tertiary/aromatic N) is 5. The highest BCUT2D eigenvalue weighted by Crippen LogP contribution is 2.25. The Bertz CT molecular complexity index is 1110. The summed E-state index contributed by atoms with van der Waals surface area (Å²) in [5.74, 6) is 0.961. The first kappa shape index (κ1) is 17.3. The summed E-state index contributed by atoms with van der Waals surface area (Å²) in [5.41, 5.74) is 4.99. The molecule has 0 saturated heterocycles. The maximum Gasteiger partial charge on any atom is 0.215 e. The van der Waals surface area contributed by atoms with Crippen LogP contribution in [0, 0.1) is 11.3 Å². The number of hydrogen-bond acceptors (Lipinski definition) is 3. The lowest BCUT2D eigenvalue weighted by Gasteiger charge is -2.18. The third-order valence-corrected chi connectivity index (χ3v) is 5.20. The highest BCUT2D eigenvalue weighted by Gasteiger charge is 2.15. The number of nitriles is 1. The van der Waals surface area contributed by atoms with Crippen LogP contribution in [-0.4, -0.2) is 38.5 Å². The molecule has 0 unspecified atom stereocenters. The summed E-state index contributed by atoms with van der Waals surface area (Å²) in [4.78, 5) is 7.36. The van der Waals surface area contributed by atoms with Gasteiger partial charge in [0.1, 0.15) is 0 Å². The number of hydrogen-bond donors (Lipinski definition) is 0. The van der Waals surface area contributed by atoms with Gasteiger partial charge in [0.05, 0.1) is 28.4 Å². The van der Waals surface area contributed by atoms with Crippen LogP contribution in [0.2, 0.25) is 0 Å². The van der Waals surface area contributed by atoms with Gasteiger partial charge in [0.25, 0.3) is 0 Å². The second-order valence-electron chi connectivity index (χ2n) is 6.65. The highest BCUT2D eigenvalue weighted by atomic mass is 15.2. The molecule has 5 nitrogen and oxygen atoms in total. The van der Waals surface area contributed by atoms with Crippen LogP contribution in [0.15, 0.2) is 54.7 Å². The zero-order valence-electron chi connectivity index (χ0n) is 15.8. The van der Waals surface area contributed by atoms with Gasteiger partial charge in [-0.3, -0.25) is 4.40 Å². The van der Waals surface area contributed by atoms with E-state index in [1.165, 1.54) is 11.0 Å². The van der Waals surface area contributed by atoms with Crippen LogP contribution >= 0.6 is 0 Å². The summed E-state index contributed by atoms with van der Waals surface area (Å²) in [5, 5.41) is 9.00. The number of likely N-dealkylation sites (N-methyl/N-ethyl adjacent to an activating group) is 1. The van der Waals surface area contributed by atoms with Gasteiger partial charge < -0.3 is 9.47 Å². The lowest BCUT2D eigenvalue weighted by molar-refractivity contribution is 0.293. The van der Waals surface area contributed by atoms with Crippen LogP contribution in [0.3, 0.4) is 0 Å². The maximum absolute atomic E-state index is 9.00. The second kappa shape index (κ2) is 7.26. The summed E-state index contributed by atoms with van der Waals surface area (Å²) < 4.78 is 4.48. The van der Waals surface area contributed by atoms with Crippen molar-refractivity contribution in [3.8, 4) is 17.3 Å². The van der Waals surface area contributed by atoms with Gasteiger partial charge in [0.15, 0.2) is 0 Å². The van der Waals surface area contributed by atoms with Crippen molar-refractivity contribution in [2.24, 2.45) is 0 Å². The van der Waals surface area contributed by atoms with E-state index < -0.39 is 0 Å². The molecule has 0 spiro atoms. The summed E-state index contributed by atoms with van der Waals surface area (Å²) >= 11 is 0. The monoisotopic (exact) mass is 357 g/mol. The van der Waals surface area contributed by atoms with Gasteiger partial charge >= 0.3 is 0 Å². The average Bonchev–Trinajstić information content (AvgIpc) is 3.27. The molecule has 0 aliphatic rings. The second-order valence-corrected chi connectivity index (χ2v) is 6.65. The predicted molar refractivity (Wildman–Crippen MR) is 109 cm³/mol. The van der Waals surface area contributed by atoms with E-state index in [1.54, 1.807) is 0 Å². The minimum atomic E-state index is 0.664. The van der Waals surface area contributed by atoms with Crippen molar-refractivity contribution in [2.45, 2.75) is 20.4 Å². The number of para-hydroxylation sites is 2. The Kier molecular flexibility index (Phi) is 4.66. The topological polar surface area (TPSA) is 49.3 Å². The molecule has 2 aromatic carbocycles. The van der Waals surface area contributed by atoms with Crippen molar-refractivity contribution in [1.29, 1.82) is 5.26 Å². The van der Waals surface area contributed by atoms with E-state index in [0.29, 0.717) is 5.56 Å². The fourth-order valence-electron chi connectivity index (χ4n) is 3.60. The molecule has 0 amide bonds.